The average molecular weight is 170 g/mol. The number of esters is 1. The third-order valence-corrected chi connectivity index (χ3v) is 1.20. The Kier molecular flexibility index (Phi) is 6.01. The van der Waals surface area contributed by atoms with Gasteiger partial charge in [-0.15, -0.1) is 0 Å². The average Bonchev–Trinajstić information content (AvgIpc) is 2.10. The number of hydrogen-bond donors (Lipinski definition) is 0. The molecule has 0 spiro atoms. The fraction of sp³-hybridized carbons (Fsp3) is 0.444. The molecule has 0 aliphatic heterocycles. The number of carbonyl (C=O) groups excluding carboxylic acids is 1. The summed E-state index contributed by atoms with van der Waals surface area (Å²) in [6.07, 6.45) is 3.73. The molecule has 68 valence electrons. The summed E-state index contributed by atoms with van der Waals surface area (Å²) in [7, 11) is 1.32. The van der Waals surface area contributed by atoms with Crippen LogP contribution in [-0.2, 0) is 14.3 Å². The van der Waals surface area contributed by atoms with Gasteiger partial charge in [0.1, 0.15) is 0 Å². The second-order valence-electron chi connectivity index (χ2n) is 2.18. The van der Waals surface area contributed by atoms with E-state index < -0.39 is 5.97 Å². The van der Waals surface area contributed by atoms with Crippen LogP contribution in [0.25, 0.3) is 0 Å². The van der Waals surface area contributed by atoms with Crippen LogP contribution in [0.5, 0.6) is 0 Å². The van der Waals surface area contributed by atoms with Crippen molar-refractivity contribution in [3.05, 3.63) is 24.3 Å². The van der Waals surface area contributed by atoms with Crippen molar-refractivity contribution in [2.24, 2.45) is 0 Å². The van der Waals surface area contributed by atoms with E-state index in [2.05, 4.69) is 11.3 Å². The highest BCUT2D eigenvalue weighted by Crippen LogP contribution is 1.94. The van der Waals surface area contributed by atoms with Gasteiger partial charge in [-0.05, 0) is 6.92 Å². The maximum absolute atomic E-state index is 10.8. The Morgan fingerprint density at radius 2 is 2.25 bits per heavy atom. The number of allylic oxidation sites excluding steroid dienone is 1. The second-order valence-corrected chi connectivity index (χ2v) is 2.18. The van der Waals surface area contributed by atoms with Crippen LogP contribution < -0.4 is 0 Å². The van der Waals surface area contributed by atoms with E-state index in [9.17, 15) is 4.79 Å². The van der Waals surface area contributed by atoms with Crippen molar-refractivity contribution in [3.63, 3.8) is 0 Å². The highest BCUT2D eigenvalue weighted by atomic mass is 16.5. The summed E-state index contributed by atoms with van der Waals surface area (Å²) >= 11 is 0. The van der Waals surface area contributed by atoms with Gasteiger partial charge in [0.05, 0.1) is 25.9 Å². The summed E-state index contributed by atoms with van der Waals surface area (Å²) in [6.45, 7) is 6.11. The summed E-state index contributed by atoms with van der Waals surface area (Å²) in [6, 6.07) is 0. The molecule has 12 heavy (non-hydrogen) atoms. The number of carbonyl (C=O) groups is 1. The summed E-state index contributed by atoms with van der Waals surface area (Å²) in [5.41, 5.74) is 0.335. The fourth-order valence-corrected chi connectivity index (χ4v) is 0.550. The molecule has 0 saturated carbocycles. The summed E-state index contributed by atoms with van der Waals surface area (Å²) in [5, 5.41) is 0. The molecule has 0 aliphatic carbocycles. The molecule has 0 heterocycles. The minimum Gasteiger partial charge on any atom is -0.466 e. The Balaban J connectivity index is 3.51. The Bertz CT molecular complexity index is 182. The second kappa shape index (κ2) is 6.61. The lowest BCUT2D eigenvalue weighted by molar-refractivity contribution is -0.136. The van der Waals surface area contributed by atoms with Gasteiger partial charge in [0.2, 0.25) is 0 Å². The highest BCUT2D eigenvalue weighted by Gasteiger charge is 2.04. The van der Waals surface area contributed by atoms with Gasteiger partial charge in [0, 0.05) is 0 Å². The Morgan fingerprint density at radius 3 is 2.75 bits per heavy atom. The van der Waals surface area contributed by atoms with Crippen molar-refractivity contribution in [3.8, 4) is 0 Å². The molecule has 0 amide bonds. The molecule has 0 saturated heterocycles. The molecule has 0 N–H and O–H groups in total. The quantitative estimate of drug-likeness (QED) is 0.270. The van der Waals surface area contributed by atoms with Gasteiger partial charge in [0.25, 0.3) is 0 Å². The van der Waals surface area contributed by atoms with Gasteiger partial charge in [-0.2, -0.15) is 0 Å². The van der Waals surface area contributed by atoms with Crippen LogP contribution >= 0.6 is 0 Å². The topological polar surface area (TPSA) is 35.5 Å². The van der Waals surface area contributed by atoms with Gasteiger partial charge in [-0.25, -0.2) is 4.79 Å². The smallest absolute Gasteiger partial charge is 0.335 e. The van der Waals surface area contributed by atoms with Gasteiger partial charge in [0.15, 0.2) is 0 Å². The molecule has 0 aliphatic rings. The molecule has 3 heteroatoms. The van der Waals surface area contributed by atoms with Crippen LogP contribution in [0.15, 0.2) is 24.3 Å². The van der Waals surface area contributed by atoms with Crippen LogP contribution in [0.1, 0.15) is 6.92 Å². The molecular formula is C9H14O3. The summed E-state index contributed by atoms with van der Waals surface area (Å²) in [5.74, 6) is -0.421. The lowest BCUT2D eigenvalue weighted by atomic mass is 10.3. The van der Waals surface area contributed by atoms with Crippen LogP contribution in [0, 0.1) is 0 Å². The van der Waals surface area contributed by atoms with E-state index in [1.807, 2.05) is 19.1 Å². The molecule has 0 atom stereocenters. The third-order valence-electron chi connectivity index (χ3n) is 1.20. The molecule has 0 rings (SSSR count). The first-order valence-electron chi connectivity index (χ1n) is 3.67. The zero-order valence-corrected chi connectivity index (χ0v) is 7.50. The minimum absolute atomic E-state index is 0.219. The van der Waals surface area contributed by atoms with Crippen molar-refractivity contribution in [2.45, 2.75) is 6.92 Å². The fourth-order valence-electron chi connectivity index (χ4n) is 0.550. The predicted octanol–water partition coefficient (Wildman–Crippen LogP) is 1.31. The molecule has 0 radical (unpaired) electrons. The first kappa shape index (κ1) is 10.9. The van der Waals surface area contributed by atoms with E-state index in [0.717, 1.165) is 0 Å². The maximum atomic E-state index is 10.8. The molecule has 0 unspecified atom stereocenters. The van der Waals surface area contributed by atoms with Crippen LogP contribution in [0.3, 0.4) is 0 Å². The Labute approximate surface area is 72.7 Å². The van der Waals surface area contributed by atoms with E-state index in [0.29, 0.717) is 12.2 Å². The lowest BCUT2D eigenvalue weighted by Crippen LogP contribution is -2.09. The largest absolute Gasteiger partial charge is 0.466 e. The zero-order valence-electron chi connectivity index (χ0n) is 7.50. The lowest BCUT2D eigenvalue weighted by Gasteiger charge is -2.02. The van der Waals surface area contributed by atoms with Crippen molar-refractivity contribution < 1.29 is 14.3 Å². The third kappa shape index (κ3) is 4.68. The van der Waals surface area contributed by atoms with Crippen LogP contribution in [-0.4, -0.2) is 26.3 Å². The first-order valence-corrected chi connectivity index (χ1v) is 3.67. The van der Waals surface area contributed by atoms with Crippen molar-refractivity contribution >= 4 is 5.97 Å². The standard InChI is InChI=1S/C9H14O3/c1-4-5-6-12-7-8(2)9(10)11-3/h4-5H,2,6-7H2,1,3H3. The van der Waals surface area contributed by atoms with E-state index in [4.69, 9.17) is 4.74 Å². The molecule has 0 aromatic carbocycles. The van der Waals surface area contributed by atoms with Crippen molar-refractivity contribution in [1.82, 2.24) is 0 Å². The maximum Gasteiger partial charge on any atom is 0.335 e. The van der Waals surface area contributed by atoms with E-state index in [-0.39, 0.29) is 6.61 Å². The zero-order chi connectivity index (χ0) is 9.40. The van der Waals surface area contributed by atoms with E-state index in [1.54, 1.807) is 0 Å². The molecule has 0 bridgehead atoms. The number of ether oxygens (including phenoxy) is 2. The van der Waals surface area contributed by atoms with E-state index in [1.165, 1.54) is 7.11 Å². The molecular weight excluding hydrogens is 156 g/mol. The van der Waals surface area contributed by atoms with Crippen LogP contribution in [0.4, 0.5) is 0 Å². The molecule has 0 aromatic rings. The molecule has 0 fully saturated rings. The Hall–Kier alpha value is -1.09. The summed E-state index contributed by atoms with van der Waals surface area (Å²) in [4.78, 5) is 10.8. The molecule has 3 nitrogen and oxygen atoms in total. The van der Waals surface area contributed by atoms with Gasteiger partial charge < -0.3 is 9.47 Å². The minimum atomic E-state index is -0.421. The summed E-state index contributed by atoms with van der Waals surface area (Å²) < 4.78 is 9.50. The molecule has 0 aromatic heterocycles. The van der Waals surface area contributed by atoms with Crippen molar-refractivity contribution in [2.75, 3.05) is 20.3 Å². The Morgan fingerprint density at radius 1 is 1.58 bits per heavy atom. The highest BCUT2D eigenvalue weighted by molar-refractivity contribution is 5.87. The SMILES string of the molecule is C=C(COCC=CC)C(=O)OC. The van der Waals surface area contributed by atoms with Gasteiger partial charge in [-0.1, -0.05) is 18.7 Å². The van der Waals surface area contributed by atoms with Gasteiger partial charge >= 0.3 is 5.97 Å². The number of rotatable bonds is 5. The monoisotopic (exact) mass is 170 g/mol. The predicted molar refractivity (Wildman–Crippen MR) is 46.8 cm³/mol. The first-order chi connectivity index (χ1) is 5.72. The van der Waals surface area contributed by atoms with Crippen LogP contribution in [0.2, 0.25) is 0 Å². The van der Waals surface area contributed by atoms with Gasteiger partial charge in [-0.3, -0.25) is 0 Å². The van der Waals surface area contributed by atoms with E-state index >= 15 is 0 Å². The van der Waals surface area contributed by atoms with Crippen molar-refractivity contribution in [1.29, 1.82) is 0 Å². The number of methoxy groups -OCH3 is 1. The number of hydrogen-bond acceptors (Lipinski definition) is 3. The normalized spacial score (nSPS) is 10.2.